The first kappa shape index (κ1) is 17.3. The van der Waals surface area contributed by atoms with E-state index < -0.39 is 18.1 Å². The van der Waals surface area contributed by atoms with Gasteiger partial charge in [0.05, 0.1) is 11.3 Å². The molecule has 138 valence electrons. The van der Waals surface area contributed by atoms with Crippen LogP contribution in [0.5, 0.6) is 0 Å². The Morgan fingerprint density at radius 2 is 2.00 bits per heavy atom. The van der Waals surface area contributed by atoms with Gasteiger partial charge in [0.1, 0.15) is 29.5 Å². The van der Waals surface area contributed by atoms with E-state index in [1.165, 1.54) is 4.90 Å². The van der Waals surface area contributed by atoms with E-state index in [0.717, 1.165) is 0 Å². The molecule has 1 spiro atoms. The molecule has 7 heteroatoms. The number of nitrogens with two attached hydrogens (primary N) is 1. The fourth-order valence-electron chi connectivity index (χ4n) is 4.48. The molecule has 3 aliphatic rings. The van der Waals surface area contributed by atoms with Crippen LogP contribution in [0.15, 0.2) is 47.1 Å². The highest BCUT2D eigenvalue weighted by Gasteiger charge is 2.62. The number of rotatable bonds is 1. The maximum Gasteiger partial charge on any atom is 0.249 e. The molecular formula is C20H19N3O4. The SMILES string of the molecule is CC1(C)CC(=O)C2=C(C1)OC(N)=C(C#N)[C@]21C(=O)N(CO)c2ccccc21. The zero-order valence-electron chi connectivity index (χ0n) is 15.1. The van der Waals surface area contributed by atoms with Crippen LogP contribution in [0.1, 0.15) is 32.3 Å². The number of aliphatic hydroxyl groups is 1. The number of nitrogens with zero attached hydrogens (tertiary/aromatic N) is 2. The van der Waals surface area contributed by atoms with Gasteiger partial charge in [0.2, 0.25) is 11.8 Å². The number of allylic oxidation sites excluding steroid dienone is 1. The average Bonchev–Trinajstić information content (AvgIpc) is 2.83. The van der Waals surface area contributed by atoms with Crippen molar-refractivity contribution >= 4 is 17.4 Å². The van der Waals surface area contributed by atoms with Crippen LogP contribution in [0.2, 0.25) is 0 Å². The van der Waals surface area contributed by atoms with E-state index in [2.05, 4.69) is 0 Å². The number of aliphatic hydroxyl groups excluding tert-OH is 1. The molecule has 0 fully saturated rings. The summed E-state index contributed by atoms with van der Waals surface area (Å²) in [5, 5.41) is 19.6. The monoisotopic (exact) mass is 365 g/mol. The van der Waals surface area contributed by atoms with Crippen LogP contribution in [-0.4, -0.2) is 23.5 Å². The van der Waals surface area contributed by atoms with E-state index in [1.54, 1.807) is 24.3 Å². The molecule has 1 aromatic rings. The fourth-order valence-corrected chi connectivity index (χ4v) is 4.48. The summed E-state index contributed by atoms with van der Waals surface area (Å²) < 4.78 is 5.68. The average molecular weight is 365 g/mol. The quantitative estimate of drug-likeness (QED) is 0.780. The maximum atomic E-state index is 13.5. The van der Waals surface area contributed by atoms with Gasteiger partial charge < -0.3 is 15.6 Å². The third kappa shape index (κ3) is 2.04. The zero-order valence-corrected chi connectivity index (χ0v) is 15.1. The highest BCUT2D eigenvalue weighted by atomic mass is 16.5. The zero-order chi connectivity index (χ0) is 19.6. The molecule has 1 atom stereocenters. The van der Waals surface area contributed by atoms with Gasteiger partial charge in [-0.2, -0.15) is 5.26 Å². The van der Waals surface area contributed by atoms with Gasteiger partial charge >= 0.3 is 0 Å². The van der Waals surface area contributed by atoms with Crippen molar-refractivity contribution in [3.05, 3.63) is 52.6 Å². The molecule has 2 aliphatic heterocycles. The van der Waals surface area contributed by atoms with Crippen LogP contribution in [0.3, 0.4) is 0 Å². The van der Waals surface area contributed by atoms with E-state index in [9.17, 15) is 20.0 Å². The number of anilines is 1. The lowest BCUT2D eigenvalue weighted by Crippen LogP contribution is -2.50. The number of carbonyl (C=O) groups is 2. The highest BCUT2D eigenvalue weighted by Crippen LogP contribution is 2.57. The molecule has 0 radical (unpaired) electrons. The molecule has 7 nitrogen and oxygen atoms in total. The van der Waals surface area contributed by atoms with Crippen LogP contribution in [0.25, 0.3) is 0 Å². The third-order valence-electron chi connectivity index (χ3n) is 5.48. The number of benzene rings is 1. The van der Waals surface area contributed by atoms with E-state index in [4.69, 9.17) is 10.5 Å². The molecule has 0 unspecified atom stereocenters. The van der Waals surface area contributed by atoms with E-state index in [-0.39, 0.29) is 34.6 Å². The van der Waals surface area contributed by atoms with Crippen molar-refractivity contribution < 1.29 is 19.4 Å². The molecule has 3 N–H and O–H groups in total. The van der Waals surface area contributed by atoms with Crippen molar-refractivity contribution in [2.45, 2.75) is 32.1 Å². The minimum atomic E-state index is -1.67. The summed E-state index contributed by atoms with van der Waals surface area (Å²) in [6, 6.07) is 8.82. The van der Waals surface area contributed by atoms with Crippen molar-refractivity contribution in [1.82, 2.24) is 0 Å². The highest BCUT2D eigenvalue weighted by molar-refractivity contribution is 6.20. The molecule has 2 heterocycles. The number of hydrogen-bond donors (Lipinski definition) is 2. The molecule has 0 bridgehead atoms. The molecule has 0 saturated carbocycles. The lowest BCUT2D eigenvalue weighted by Gasteiger charge is -2.41. The van der Waals surface area contributed by atoms with Crippen LogP contribution in [0.4, 0.5) is 5.69 Å². The van der Waals surface area contributed by atoms with E-state index >= 15 is 0 Å². The predicted molar refractivity (Wildman–Crippen MR) is 95.7 cm³/mol. The summed E-state index contributed by atoms with van der Waals surface area (Å²) in [4.78, 5) is 27.9. The summed E-state index contributed by atoms with van der Waals surface area (Å²) in [5.74, 6) is -0.653. The summed E-state index contributed by atoms with van der Waals surface area (Å²) in [6.07, 6.45) is 0.647. The Morgan fingerprint density at radius 1 is 1.30 bits per heavy atom. The van der Waals surface area contributed by atoms with Gasteiger partial charge in [-0.15, -0.1) is 0 Å². The number of amides is 1. The largest absolute Gasteiger partial charge is 0.444 e. The Kier molecular flexibility index (Phi) is 3.49. The van der Waals surface area contributed by atoms with Crippen LogP contribution in [0, 0.1) is 16.7 Å². The number of hydrogen-bond acceptors (Lipinski definition) is 6. The Morgan fingerprint density at radius 3 is 2.67 bits per heavy atom. The summed E-state index contributed by atoms with van der Waals surface area (Å²) in [6.45, 7) is 3.31. The van der Waals surface area contributed by atoms with Crippen LogP contribution < -0.4 is 10.6 Å². The number of Topliss-reactive ketones (excluding diaryl/α,β-unsaturated/α-hetero) is 1. The Bertz CT molecular complexity index is 999. The number of fused-ring (bicyclic) bond motifs is 3. The van der Waals surface area contributed by atoms with Gasteiger partial charge in [-0.1, -0.05) is 32.0 Å². The molecule has 1 aliphatic carbocycles. The summed E-state index contributed by atoms with van der Waals surface area (Å²) >= 11 is 0. The minimum absolute atomic E-state index is 0.109. The Hall–Kier alpha value is -3.11. The molecule has 0 saturated heterocycles. The normalized spacial score (nSPS) is 26.1. The maximum absolute atomic E-state index is 13.5. The Balaban J connectivity index is 2.11. The van der Waals surface area contributed by atoms with E-state index in [1.807, 2.05) is 19.9 Å². The first-order valence-corrected chi connectivity index (χ1v) is 8.65. The lowest BCUT2D eigenvalue weighted by atomic mass is 9.62. The topological polar surface area (TPSA) is 117 Å². The molecular weight excluding hydrogens is 346 g/mol. The second-order valence-electron chi connectivity index (χ2n) is 7.83. The number of ketones is 1. The van der Waals surface area contributed by atoms with Gasteiger partial charge in [-0.3, -0.25) is 14.5 Å². The summed E-state index contributed by atoms with van der Waals surface area (Å²) in [7, 11) is 0. The molecule has 1 amide bonds. The Labute approximate surface area is 156 Å². The van der Waals surface area contributed by atoms with E-state index in [0.29, 0.717) is 23.4 Å². The van der Waals surface area contributed by atoms with Crippen molar-refractivity contribution in [1.29, 1.82) is 5.26 Å². The number of para-hydroxylation sites is 1. The molecule has 1 aromatic carbocycles. The molecule has 4 rings (SSSR count). The lowest BCUT2D eigenvalue weighted by molar-refractivity contribution is -0.126. The number of nitriles is 1. The van der Waals surface area contributed by atoms with Crippen molar-refractivity contribution in [2.75, 3.05) is 11.6 Å². The predicted octanol–water partition coefficient (Wildman–Crippen LogP) is 1.59. The van der Waals surface area contributed by atoms with Gasteiger partial charge in [-0.25, -0.2) is 0 Å². The smallest absolute Gasteiger partial charge is 0.249 e. The van der Waals surface area contributed by atoms with Gasteiger partial charge in [0.25, 0.3) is 0 Å². The molecule has 27 heavy (non-hydrogen) atoms. The van der Waals surface area contributed by atoms with Crippen LogP contribution >= 0.6 is 0 Å². The van der Waals surface area contributed by atoms with Crippen molar-refractivity contribution in [2.24, 2.45) is 11.1 Å². The van der Waals surface area contributed by atoms with Gasteiger partial charge in [0, 0.05) is 18.4 Å². The van der Waals surface area contributed by atoms with Crippen molar-refractivity contribution in [3.8, 4) is 6.07 Å². The number of ether oxygens (including phenoxy) is 1. The van der Waals surface area contributed by atoms with Gasteiger partial charge in [0.15, 0.2) is 5.78 Å². The number of carbonyl (C=O) groups excluding carboxylic acids is 2. The second-order valence-corrected chi connectivity index (χ2v) is 7.83. The van der Waals surface area contributed by atoms with Crippen LogP contribution in [-0.2, 0) is 19.7 Å². The van der Waals surface area contributed by atoms with Crippen molar-refractivity contribution in [3.63, 3.8) is 0 Å². The van der Waals surface area contributed by atoms with Gasteiger partial charge in [-0.05, 0) is 11.5 Å². The summed E-state index contributed by atoms with van der Waals surface area (Å²) in [5.41, 5.74) is 5.01. The molecule has 0 aromatic heterocycles. The first-order chi connectivity index (χ1) is 12.8. The first-order valence-electron chi connectivity index (χ1n) is 8.65. The third-order valence-corrected chi connectivity index (χ3v) is 5.48. The second kappa shape index (κ2) is 5.44. The fraction of sp³-hybridized carbons (Fsp3) is 0.350. The standard InChI is InChI=1S/C20H19N3O4/c1-19(2)7-14(25)16-15(8-19)27-17(22)12(9-21)20(16)11-5-3-4-6-13(11)23(10-24)18(20)26/h3-6,24H,7-8,10,22H2,1-2H3/t20-/m0/s1. The minimum Gasteiger partial charge on any atom is -0.444 e.